The smallest absolute Gasteiger partial charge is 0.125 e. The minimum atomic E-state index is -0.741. The van der Waals surface area contributed by atoms with Crippen LogP contribution in [0.5, 0.6) is 17.2 Å². The van der Waals surface area contributed by atoms with Crippen LogP contribution in [-0.2, 0) is 0 Å². The molecule has 1 atom stereocenters. The number of ether oxygens (including phenoxy) is 3. The first-order chi connectivity index (χ1) is 10.2. The number of hydrogen-bond acceptors (Lipinski definition) is 4. The Labute approximate surface area is 124 Å². The van der Waals surface area contributed by atoms with Crippen molar-refractivity contribution < 1.29 is 19.3 Å². The van der Waals surface area contributed by atoms with Crippen molar-refractivity contribution in [1.29, 1.82) is 0 Å². The Hall–Kier alpha value is -2.20. The highest BCUT2D eigenvalue weighted by Crippen LogP contribution is 2.26. The number of para-hydroxylation sites is 1. The minimum Gasteiger partial charge on any atom is -0.497 e. The number of rotatable bonds is 7. The van der Waals surface area contributed by atoms with E-state index in [1.165, 1.54) is 0 Å². The topological polar surface area (TPSA) is 47.9 Å². The maximum atomic E-state index is 10.3. The molecule has 4 heteroatoms. The second-order valence-electron chi connectivity index (χ2n) is 4.47. The van der Waals surface area contributed by atoms with Crippen molar-refractivity contribution in [2.45, 2.75) is 13.0 Å². The van der Waals surface area contributed by atoms with E-state index in [0.29, 0.717) is 18.1 Å². The van der Waals surface area contributed by atoms with Crippen molar-refractivity contribution in [2.75, 3.05) is 20.3 Å². The van der Waals surface area contributed by atoms with Crippen molar-refractivity contribution >= 4 is 0 Å². The van der Waals surface area contributed by atoms with E-state index in [4.69, 9.17) is 14.2 Å². The Balaban J connectivity index is 1.99. The highest BCUT2D eigenvalue weighted by molar-refractivity contribution is 5.35. The van der Waals surface area contributed by atoms with Crippen LogP contribution in [0, 0.1) is 0 Å². The van der Waals surface area contributed by atoms with Crippen LogP contribution >= 0.6 is 0 Å². The van der Waals surface area contributed by atoms with Crippen molar-refractivity contribution in [3.63, 3.8) is 0 Å². The van der Waals surface area contributed by atoms with Crippen molar-refractivity contribution in [3.05, 3.63) is 54.1 Å². The molecule has 0 bridgehead atoms. The van der Waals surface area contributed by atoms with E-state index in [0.717, 1.165) is 11.3 Å². The summed E-state index contributed by atoms with van der Waals surface area (Å²) in [6.07, 6.45) is -0.741. The lowest BCUT2D eigenvalue weighted by molar-refractivity contribution is 0.105. The third-order valence-corrected chi connectivity index (χ3v) is 3.05. The van der Waals surface area contributed by atoms with Gasteiger partial charge in [-0.05, 0) is 37.3 Å². The van der Waals surface area contributed by atoms with Gasteiger partial charge in [-0.1, -0.05) is 18.2 Å². The standard InChI is InChI=1S/C17H20O4/c1-3-20-17-7-5-4-6-15(17)16(18)12-21-14-10-8-13(19-2)9-11-14/h4-11,16,18H,3,12H2,1-2H3. The Kier molecular flexibility index (Phi) is 5.46. The molecular formula is C17H20O4. The molecule has 0 aliphatic heterocycles. The zero-order valence-corrected chi connectivity index (χ0v) is 12.3. The molecule has 0 spiro atoms. The van der Waals surface area contributed by atoms with E-state index in [1.54, 1.807) is 19.2 Å². The third-order valence-electron chi connectivity index (χ3n) is 3.05. The summed E-state index contributed by atoms with van der Waals surface area (Å²) in [5.41, 5.74) is 0.730. The van der Waals surface area contributed by atoms with E-state index in [2.05, 4.69) is 0 Å². The molecule has 2 rings (SSSR count). The molecule has 1 unspecified atom stereocenters. The van der Waals surface area contributed by atoms with Crippen LogP contribution in [0.15, 0.2) is 48.5 Å². The summed E-state index contributed by atoms with van der Waals surface area (Å²) in [7, 11) is 1.62. The minimum absolute atomic E-state index is 0.163. The number of hydrogen-bond donors (Lipinski definition) is 1. The number of aliphatic hydroxyl groups excluding tert-OH is 1. The zero-order valence-electron chi connectivity index (χ0n) is 12.3. The monoisotopic (exact) mass is 288 g/mol. The molecule has 1 N–H and O–H groups in total. The lowest BCUT2D eigenvalue weighted by atomic mass is 10.1. The lowest BCUT2D eigenvalue weighted by Gasteiger charge is -2.16. The summed E-state index contributed by atoms with van der Waals surface area (Å²) in [5.74, 6) is 2.14. The normalized spacial score (nSPS) is 11.8. The van der Waals surface area contributed by atoms with Crippen molar-refractivity contribution in [3.8, 4) is 17.2 Å². The molecule has 0 saturated carbocycles. The van der Waals surface area contributed by atoms with Crippen molar-refractivity contribution in [1.82, 2.24) is 0 Å². The van der Waals surface area contributed by atoms with Crippen LogP contribution < -0.4 is 14.2 Å². The summed E-state index contributed by atoms with van der Waals surface area (Å²) in [5, 5.41) is 10.3. The molecule has 0 aliphatic carbocycles. The highest BCUT2D eigenvalue weighted by atomic mass is 16.5. The quantitative estimate of drug-likeness (QED) is 0.850. The summed E-state index contributed by atoms with van der Waals surface area (Å²) >= 11 is 0. The molecule has 0 amide bonds. The zero-order chi connectivity index (χ0) is 15.1. The SMILES string of the molecule is CCOc1ccccc1C(O)COc1ccc(OC)cc1. The average Bonchev–Trinajstić information content (AvgIpc) is 2.54. The van der Waals surface area contributed by atoms with E-state index in [-0.39, 0.29) is 6.61 Å². The highest BCUT2D eigenvalue weighted by Gasteiger charge is 2.13. The molecule has 2 aromatic carbocycles. The first kappa shape index (κ1) is 15.2. The van der Waals surface area contributed by atoms with Gasteiger partial charge < -0.3 is 19.3 Å². The Morgan fingerprint density at radius 1 is 0.952 bits per heavy atom. The fraction of sp³-hybridized carbons (Fsp3) is 0.294. The summed E-state index contributed by atoms with van der Waals surface area (Å²) in [6.45, 7) is 2.64. The Bertz CT molecular complexity index is 551. The lowest BCUT2D eigenvalue weighted by Crippen LogP contribution is -2.11. The van der Waals surface area contributed by atoms with E-state index < -0.39 is 6.10 Å². The van der Waals surface area contributed by atoms with Gasteiger partial charge in [-0.25, -0.2) is 0 Å². The summed E-state index contributed by atoms with van der Waals surface area (Å²) in [4.78, 5) is 0. The summed E-state index contributed by atoms with van der Waals surface area (Å²) < 4.78 is 16.2. The van der Waals surface area contributed by atoms with Gasteiger partial charge in [-0.15, -0.1) is 0 Å². The molecule has 0 fully saturated rings. The van der Waals surface area contributed by atoms with Crippen molar-refractivity contribution in [2.24, 2.45) is 0 Å². The van der Waals surface area contributed by atoms with Gasteiger partial charge in [-0.2, -0.15) is 0 Å². The van der Waals surface area contributed by atoms with Crippen LogP contribution in [0.25, 0.3) is 0 Å². The second kappa shape index (κ2) is 7.55. The molecule has 112 valence electrons. The van der Waals surface area contributed by atoms with Gasteiger partial charge in [0, 0.05) is 5.56 Å². The molecule has 0 saturated heterocycles. The maximum Gasteiger partial charge on any atom is 0.125 e. The molecule has 4 nitrogen and oxygen atoms in total. The van der Waals surface area contributed by atoms with E-state index >= 15 is 0 Å². The fourth-order valence-electron chi connectivity index (χ4n) is 1.98. The predicted molar refractivity (Wildman–Crippen MR) is 81.1 cm³/mol. The number of aliphatic hydroxyl groups is 1. The second-order valence-corrected chi connectivity index (χ2v) is 4.47. The van der Waals surface area contributed by atoms with Gasteiger partial charge in [0.25, 0.3) is 0 Å². The summed E-state index contributed by atoms with van der Waals surface area (Å²) in [6, 6.07) is 14.7. The third kappa shape index (κ3) is 4.13. The van der Waals surface area contributed by atoms with E-state index in [9.17, 15) is 5.11 Å². The first-order valence-corrected chi connectivity index (χ1v) is 6.91. The first-order valence-electron chi connectivity index (χ1n) is 6.91. The van der Waals surface area contributed by atoms with Crippen LogP contribution in [0.4, 0.5) is 0 Å². The van der Waals surface area contributed by atoms with Gasteiger partial charge in [-0.3, -0.25) is 0 Å². The molecular weight excluding hydrogens is 268 g/mol. The maximum absolute atomic E-state index is 10.3. The fourth-order valence-corrected chi connectivity index (χ4v) is 1.98. The Morgan fingerprint density at radius 2 is 1.62 bits per heavy atom. The van der Waals surface area contributed by atoms with Gasteiger partial charge in [0.2, 0.25) is 0 Å². The largest absolute Gasteiger partial charge is 0.497 e. The average molecular weight is 288 g/mol. The van der Waals surface area contributed by atoms with Crippen LogP contribution in [0.1, 0.15) is 18.6 Å². The predicted octanol–water partition coefficient (Wildman–Crippen LogP) is 3.21. The molecule has 0 aliphatic rings. The number of methoxy groups -OCH3 is 1. The van der Waals surface area contributed by atoms with E-state index in [1.807, 2.05) is 43.3 Å². The van der Waals surface area contributed by atoms with Crippen LogP contribution in [0.2, 0.25) is 0 Å². The molecule has 0 aromatic heterocycles. The molecule has 0 radical (unpaired) electrons. The van der Waals surface area contributed by atoms with Gasteiger partial charge in [0.05, 0.1) is 13.7 Å². The van der Waals surface area contributed by atoms with Crippen LogP contribution in [-0.4, -0.2) is 25.4 Å². The van der Waals surface area contributed by atoms with Gasteiger partial charge in [0.1, 0.15) is 30.0 Å². The molecule has 0 heterocycles. The number of benzene rings is 2. The molecule has 2 aromatic rings. The molecule has 21 heavy (non-hydrogen) atoms. The van der Waals surface area contributed by atoms with Gasteiger partial charge >= 0.3 is 0 Å². The van der Waals surface area contributed by atoms with Crippen LogP contribution in [0.3, 0.4) is 0 Å². The van der Waals surface area contributed by atoms with Gasteiger partial charge in [0.15, 0.2) is 0 Å². The Morgan fingerprint density at radius 3 is 2.29 bits per heavy atom.